The highest BCUT2D eigenvalue weighted by atomic mass is 32.2. The number of carbonyl (C=O) groups excluding carboxylic acids is 7. The van der Waals surface area contributed by atoms with Gasteiger partial charge in [-0.2, -0.15) is 12.6 Å². The molecule has 8 atom stereocenters. The number of methoxy groups -OCH3 is 1. The van der Waals surface area contributed by atoms with E-state index in [4.69, 9.17) is 23.7 Å². The zero-order chi connectivity index (χ0) is 47.9. The fourth-order valence-corrected chi connectivity index (χ4v) is 11.3. The number of phenols is 2. The van der Waals surface area contributed by atoms with E-state index in [1.165, 1.54) is 30.2 Å². The molecule has 2 aromatic rings. The monoisotopic (exact) mass is 967 g/mol. The lowest BCUT2D eigenvalue weighted by Gasteiger charge is -2.41. The standard InChI is InChI=1S/C47H57N3O15S2/c1-4-46(2,66)27-17-33(52)49(44(27)58)14-6-5-7-15-50-34(53)18-30(45(50)59)67-23-31(51)47(60)19-26-37(29(20-47)65-35-12-11-24(21-63-35)64-32-22-62-16-13-48-32)43(57)39-38(41(26)55)40(54)25-9-8-10-28(61-3)36(25)42(39)56/h8-10,24,27,29-30,32,35,48,55,57,60,66H,4-7,11-23H2,1-3H3/t24-,27?,29-,30?,32+,35-,46?,47-/m0/s1. The molecule has 67 heavy (non-hydrogen) atoms. The van der Waals surface area contributed by atoms with Crippen molar-refractivity contribution in [2.24, 2.45) is 5.92 Å². The summed E-state index contributed by atoms with van der Waals surface area (Å²) in [6, 6.07) is 4.40. The first-order valence-corrected chi connectivity index (χ1v) is 24.4. The van der Waals surface area contributed by atoms with Gasteiger partial charge in [-0.3, -0.25) is 48.7 Å². The Kier molecular flexibility index (Phi) is 14.6. The van der Waals surface area contributed by atoms with Crippen LogP contribution in [-0.2, 0) is 49.3 Å². The summed E-state index contributed by atoms with van der Waals surface area (Å²) in [5, 5.41) is 38.5. The molecule has 0 spiro atoms. The van der Waals surface area contributed by atoms with Crippen molar-refractivity contribution in [2.75, 3.05) is 52.3 Å². The van der Waals surface area contributed by atoms with Crippen LogP contribution in [0.2, 0.25) is 0 Å². The molecule has 4 fully saturated rings. The molecule has 2 aliphatic carbocycles. The quantitative estimate of drug-likeness (QED) is 0.0565. The topological polar surface area (TPSA) is 245 Å². The SMILES string of the molecule is CCC(C)(S)C1CC(=O)N(CCCCCN2C(=O)CC(SCC(=O)[C@]3(O)Cc4c(O)c5c(c(O)c4[C@@H](O[C@H]4CC[C@H](O[C@@H]6COCCN6)CO4)C3)C(=O)c3c(OC)cccc3C5=O)C2=O)C1=O. The van der Waals surface area contributed by atoms with E-state index in [-0.39, 0.29) is 84.7 Å². The van der Waals surface area contributed by atoms with Gasteiger partial charge < -0.3 is 39.0 Å². The number of hydrogen-bond acceptors (Lipinski definition) is 18. The first-order chi connectivity index (χ1) is 32.0. The maximum Gasteiger partial charge on any atom is 0.242 e. The highest BCUT2D eigenvalue weighted by Crippen LogP contribution is 2.53. The summed E-state index contributed by atoms with van der Waals surface area (Å²) in [5.41, 5.74) is -3.64. The number of phenolic OH excluding ortho intramolecular Hbond substituents is 2. The van der Waals surface area contributed by atoms with Gasteiger partial charge in [-0.05, 0) is 45.1 Å². The molecule has 4 saturated heterocycles. The lowest BCUT2D eigenvalue weighted by Crippen LogP contribution is -2.48. The van der Waals surface area contributed by atoms with E-state index in [9.17, 15) is 48.9 Å². The molecule has 8 rings (SSSR count). The third-order valence-electron chi connectivity index (χ3n) is 13.9. The summed E-state index contributed by atoms with van der Waals surface area (Å²) in [7, 11) is 1.33. The van der Waals surface area contributed by atoms with Crippen LogP contribution < -0.4 is 10.1 Å². The van der Waals surface area contributed by atoms with E-state index in [0.717, 1.165) is 16.7 Å². The van der Waals surface area contributed by atoms with Gasteiger partial charge in [-0.1, -0.05) is 19.1 Å². The zero-order valence-electron chi connectivity index (χ0n) is 37.7. The third-order valence-corrected chi connectivity index (χ3v) is 15.8. The molecule has 0 bridgehead atoms. The molecule has 0 aromatic heterocycles. The Labute approximate surface area is 397 Å². The Morgan fingerprint density at radius 2 is 1.66 bits per heavy atom. The number of likely N-dealkylation sites (tertiary alicyclic amines) is 2. The van der Waals surface area contributed by atoms with E-state index in [2.05, 4.69) is 17.9 Å². The van der Waals surface area contributed by atoms with Gasteiger partial charge in [0, 0.05) is 73.2 Å². The van der Waals surface area contributed by atoms with Crippen LogP contribution in [0.5, 0.6) is 17.2 Å². The Morgan fingerprint density at radius 1 is 0.940 bits per heavy atom. The average molecular weight is 968 g/mol. The maximum atomic E-state index is 14.2. The number of morpholine rings is 1. The van der Waals surface area contributed by atoms with Crippen molar-refractivity contribution in [3.63, 3.8) is 0 Å². The number of Topliss-reactive ketones (excluding diaryl/α,β-unsaturated/α-hetero) is 1. The number of thioether (sulfide) groups is 1. The van der Waals surface area contributed by atoms with Crippen LogP contribution >= 0.6 is 24.4 Å². The van der Waals surface area contributed by atoms with Gasteiger partial charge in [0.25, 0.3) is 0 Å². The molecule has 4 N–H and O–H groups in total. The number of rotatable bonds is 17. The molecule has 0 saturated carbocycles. The zero-order valence-corrected chi connectivity index (χ0v) is 39.4. The van der Waals surface area contributed by atoms with Crippen LogP contribution in [0.3, 0.4) is 0 Å². The van der Waals surface area contributed by atoms with Crippen molar-refractivity contribution in [1.82, 2.24) is 15.1 Å². The second-order valence-corrected chi connectivity index (χ2v) is 20.5. The summed E-state index contributed by atoms with van der Waals surface area (Å²) in [6.45, 7) is 5.83. The molecule has 4 aliphatic heterocycles. The first kappa shape index (κ1) is 49.0. The Balaban J connectivity index is 0.948. The summed E-state index contributed by atoms with van der Waals surface area (Å²) in [6.07, 6.45) is -1.09. The first-order valence-electron chi connectivity index (χ1n) is 22.9. The molecule has 4 heterocycles. The van der Waals surface area contributed by atoms with E-state index < -0.39 is 104 Å². The third kappa shape index (κ3) is 9.52. The Bertz CT molecular complexity index is 2340. The molecule has 18 nitrogen and oxygen atoms in total. The maximum absolute atomic E-state index is 14.2. The van der Waals surface area contributed by atoms with Gasteiger partial charge in [0.1, 0.15) is 29.1 Å². The molecule has 6 aliphatic rings. The smallest absolute Gasteiger partial charge is 0.242 e. The van der Waals surface area contributed by atoms with E-state index in [0.29, 0.717) is 58.3 Å². The van der Waals surface area contributed by atoms with Gasteiger partial charge in [-0.15, -0.1) is 11.8 Å². The molecular formula is C47H57N3O15S2. The van der Waals surface area contributed by atoms with Crippen molar-refractivity contribution < 1.29 is 72.6 Å². The van der Waals surface area contributed by atoms with Gasteiger partial charge in [0.05, 0.1) is 72.7 Å². The number of aliphatic hydroxyl groups is 1. The minimum atomic E-state index is -2.27. The van der Waals surface area contributed by atoms with Crippen LogP contribution in [0.4, 0.5) is 0 Å². The van der Waals surface area contributed by atoms with Crippen LogP contribution in [0.1, 0.15) is 121 Å². The fraction of sp³-hybridized carbons (Fsp3) is 0.596. The number of unbranched alkanes of at least 4 members (excludes halogenated alkanes) is 2. The van der Waals surface area contributed by atoms with Crippen molar-refractivity contribution in [2.45, 2.75) is 118 Å². The highest BCUT2D eigenvalue weighted by molar-refractivity contribution is 8.01. The van der Waals surface area contributed by atoms with Gasteiger partial charge in [-0.25, -0.2) is 0 Å². The number of hydrogen-bond donors (Lipinski definition) is 5. The second-order valence-electron chi connectivity index (χ2n) is 18.3. The Hall–Kier alpha value is -4.41. The van der Waals surface area contributed by atoms with Crippen LogP contribution in [0, 0.1) is 5.92 Å². The van der Waals surface area contributed by atoms with Crippen LogP contribution in [0.25, 0.3) is 0 Å². The minimum absolute atomic E-state index is 0.0673. The van der Waals surface area contributed by atoms with Crippen molar-refractivity contribution in [3.05, 3.63) is 51.6 Å². The van der Waals surface area contributed by atoms with Crippen molar-refractivity contribution in [1.29, 1.82) is 0 Å². The average Bonchev–Trinajstić information content (AvgIpc) is 3.76. The molecule has 2 aromatic carbocycles. The van der Waals surface area contributed by atoms with E-state index >= 15 is 0 Å². The normalized spacial score (nSPS) is 28.4. The fourth-order valence-electron chi connectivity index (χ4n) is 9.90. The summed E-state index contributed by atoms with van der Waals surface area (Å²) < 4.78 is 28.8. The molecule has 0 radical (unpaired) electrons. The minimum Gasteiger partial charge on any atom is -0.507 e. The number of nitrogens with one attached hydrogen (secondary N) is 1. The van der Waals surface area contributed by atoms with Crippen LogP contribution in [0.15, 0.2) is 18.2 Å². The van der Waals surface area contributed by atoms with Crippen LogP contribution in [-0.4, -0.2) is 153 Å². The molecule has 3 unspecified atom stereocenters. The lowest BCUT2D eigenvalue weighted by molar-refractivity contribution is -0.233. The predicted molar refractivity (Wildman–Crippen MR) is 242 cm³/mol. The second kappa shape index (κ2) is 19.9. The molecule has 4 amide bonds. The number of benzene rings is 2. The number of imide groups is 2. The predicted octanol–water partition coefficient (Wildman–Crippen LogP) is 3.16. The van der Waals surface area contributed by atoms with E-state index in [1.807, 2.05) is 13.8 Å². The summed E-state index contributed by atoms with van der Waals surface area (Å²) in [4.78, 5) is 96.9. The number of amides is 4. The molecule has 362 valence electrons. The van der Waals surface area contributed by atoms with Gasteiger partial charge in [0.2, 0.25) is 29.4 Å². The lowest BCUT2D eigenvalue weighted by atomic mass is 9.72. The van der Waals surface area contributed by atoms with E-state index in [1.54, 1.807) is 0 Å². The number of ketones is 3. The molecule has 20 heteroatoms. The molecular weight excluding hydrogens is 911 g/mol. The number of thiol groups is 1. The van der Waals surface area contributed by atoms with Gasteiger partial charge >= 0.3 is 0 Å². The van der Waals surface area contributed by atoms with Crippen molar-refractivity contribution in [3.8, 4) is 17.2 Å². The largest absolute Gasteiger partial charge is 0.507 e. The Morgan fingerprint density at radius 3 is 2.33 bits per heavy atom. The van der Waals surface area contributed by atoms with Crippen molar-refractivity contribution >= 4 is 65.4 Å². The van der Waals surface area contributed by atoms with Gasteiger partial charge in [0.15, 0.2) is 17.9 Å². The number of carbonyl (C=O) groups is 7. The summed E-state index contributed by atoms with van der Waals surface area (Å²) in [5.74, 6) is -5.85. The number of nitrogens with zero attached hydrogens (tertiary/aromatic N) is 2. The number of fused-ring (bicyclic) bond motifs is 3. The highest BCUT2D eigenvalue weighted by Gasteiger charge is 2.51. The summed E-state index contributed by atoms with van der Waals surface area (Å²) >= 11 is 5.51. The number of ether oxygens (including phenoxy) is 5. The number of aromatic hydroxyl groups is 2.